The summed E-state index contributed by atoms with van der Waals surface area (Å²) in [6.07, 6.45) is 0. The van der Waals surface area contributed by atoms with Crippen LogP contribution in [0.1, 0.15) is 27.7 Å². The van der Waals surface area contributed by atoms with Crippen LogP contribution in [-0.4, -0.2) is 30.4 Å². The smallest absolute Gasteiger partial charge is 0.479 e. The first-order valence-electron chi connectivity index (χ1n) is 5.83. The summed E-state index contributed by atoms with van der Waals surface area (Å²) in [5, 5.41) is 0. The fourth-order valence-corrected chi connectivity index (χ4v) is 1.68. The second kappa shape index (κ2) is 4.21. The van der Waals surface area contributed by atoms with Gasteiger partial charge in [0.25, 0.3) is 0 Å². The van der Waals surface area contributed by atoms with Crippen molar-refractivity contribution in [2.45, 2.75) is 38.9 Å². The molecule has 0 bridgehead atoms. The van der Waals surface area contributed by atoms with E-state index < -0.39 is 24.1 Å². The molecule has 0 aliphatic carbocycles. The zero-order chi connectivity index (χ0) is 13.6. The van der Waals surface area contributed by atoms with Crippen LogP contribution in [0.5, 0.6) is 5.88 Å². The van der Waals surface area contributed by atoms with Crippen molar-refractivity contribution in [2.75, 3.05) is 7.11 Å². The van der Waals surface area contributed by atoms with E-state index in [0.717, 1.165) is 0 Å². The lowest BCUT2D eigenvalue weighted by Gasteiger charge is -2.32. The van der Waals surface area contributed by atoms with E-state index in [-0.39, 0.29) is 5.88 Å². The first-order chi connectivity index (χ1) is 8.27. The fourth-order valence-electron chi connectivity index (χ4n) is 1.68. The van der Waals surface area contributed by atoms with Gasteiger partial charge >= 0.3 is 7.12 Å². The fraction of sp³-hybridized carbons (Fsp3) is 0.583. The van der Waals surface area contributed by atoms with E-state index in [4.69, 9.17) is 14.0 Å². The second-order valence-corrected chi connectivity index (χ2v) is 5.32. The number of nitrogens with zero attached hydrogens (tertiary/aromatic N) is 1. The summed E-state index contributed by atoms with van der Waals surface area (Å²) in [6, 6.07) is 2.84. The highest BCUT2D eigenvalue weighted by molar-refractivity contribution is 6.61. The zero-order valence-corrected chi connectivity index (χ0v) is 11.3. The van der Waals surface area contributed by atoms with Crippen LogP contribution in [0.2, 0.25) is 0 Å². The predicted molar refractivity (Wildman–Crippen MR) is 66.5 cm³/mol. The predicted octanol–water partition coefficient (Wildman–Crippen LogP) is 1.53. The number of halogens is 1. The van der Waals surface area contributed by atoms with Crippen LogP contribution in [0.25, 0.3) is 0 Å². The van der Waals surface area contributed by atoms with Gasteiger partial charge in [-0.3, -0.25) is 0 Å². The van der Waals surface area contributed by atoms with Crippen LogP contribution in [0.3, 0.4) is 0 Å². The van der Waals surface area contributed by atoms with Crippen molar-refractivity contribution < 1.29 is 18.4 Å². The summed E-state index contributed by atoms with van der Waals surface area (Å²) in [7, 11) is 0.767. The van der Waals surface area contributed by atoms with E-state index in [9.17, 15) is 4.39 Å². The molecule has 2 heterocycles. The highest BCUT2D eigenvalue weighted by Gasteiger charge is 2.52. The Hall–Kier alpha value is -1.14. The Morgan fingerprint density at radius 1 is 1.17 bits per heavy atom. The topological polar surface area (TPSA) is 40.6 Å². The molecular formula is C12H17BFNO3. The van der Waals surface area contributed by atoms with Gasteiger partial charge in [0.2, 0.25) is 5.88 Å². The van der Waals surface area contributed by atoms with E-state index in [1.807, 2.05) is 27.7 Å². The Bertz CT molecular complexity index is 449. The van der Waals surface area contributed by atoms with Crippen LogP contribution in [0.15, 0.2) is 12.1 Å². The van der Waals surface area contributed by atoms with Crippen molar-refractivity contribution in [3.05, 3.63) is 17.9 Å². The Balaban J connectivity index is 2.30. The summed E-state index contributed by atoms with van der Waals surface area (Å²) in [6.45, 7) is 7.81. The minimum Gasteiger partial charge on any atom is -0.479 e. The van der Waals surface area contributed by atoms with E-state index >= 15 is 0 Å². The summed E-state index contributed by atoms with van der Waals surface area (Å²) in [4.78, 5) is 4.06. The van der Waals surface area contributed by atoms with Crippen molar-refractivity contribution in [2.24, 2.45) is 0 Å². The van der Waals surface area contributed by atoms with Crippen LogP contribution >= 0.6 is 0 Å². The number of pyridine rings is 1. The Kier molecular flexibility index (Phi) is 3.11. The number of hydrogen-bond donors (Lipinski definition) is 0. The molecule has 0 saturated carbocycles. The van der Waals surface area contributed by atoms with Gasteiger partial charge in [-0.25, -0.2) is 9.37 Å². The van der Waals surface area contributed by atoms with E-state index in [1.54, 1.807) is 6.07 Å². The van der Waals surface area contributed by atoms with E-state index in [0.29, 0.717) is 5.59 Å². The van der Waals surface area contributed by atoms with Crippen molar-refractivity contribution >= 4 is 12.7 Å². The third kappa shape index (κ3) is 2.10. The van der Waals surface area contributed by atoms with Gasteiger partial charge in [-0.15, -0.1) is 0 Å². The number of rotatable bonds is 2. The highest BCUT2D eigenvalue weighted by atomic mass is 19.1. The average molecular weight is 253 g/mol. The third-order valence-electron chi connectivity index (χ3n) is 3.52. The largest absolute Gasteiger partial charge is 0.514 e. The number of aromatic nitrogens is 1. The molecule has 4 nitrogen and oxygen atoms in total. The van der Waals surface area contributed by atoms with Crippen LogP contribution in [0.4, 0.5) is 4.39 Å². The van der Waals surface area contributed by atoms with Gasteiger partial charge in [-0.05, 0) is 39.8 Å². The summed E-state index contributed by atoms with van der Waals surface area (Å²) >= 11 is 0. The molecule has 0 aromatic carbocycles. The number of methoxy groups -OCH3 is 1. The lowest BCUT2D eigenvalue weighted by molar-refractivity contribution is 0.00578. The first-order valence-corrected chi connectivity index (χ1v) is 5.83. The van der Waals surface area contributed by atoms with Gasteiger partial charge in [-0.1, -0.05) is 0 Å². The molecule has 0 unspecified atom stereocenters. The van der Waals surface area contributed by atoms with Crippen molar-refractivity contribution in [1.29, 1.82) is 0 Å². The lowest BCUT2D eigenvalue weighted by atomic mass is 9.84. The maximum absolute atomic E-state index is 13.3. The van der Waals surface area contributed by atoms with Crippen molar-refractivity contribution in [1.82, 2.24) is 4.98 Å². The number of hydrogen-bond acceptors (Lipinski definition) is 4. The summed E-state index contributed by atoms with van der Waals surface area (Å²) in [5.74, 6) is -0.556. The summed E-state index contributed by atoms with van der Waals surface area (Å²) < 4.78 is 29.8. The van der Waals surface area contributed by atoms with Gasteiger partial charge in [0.15, 0.2) is 5.82 Å². The molecule has 98 valence electrons. The SMILES string of the molecule is COc1nc(B2OC(C)(C)C(C)(C)O2)ccc1F. The molecule has 0 N–H and O–H groups in total. The number of ether oxygens (including phenoxy) is 1. The molecule has 1 saturated heterocycles. The van der Waals surface area contributed by atoms with Crippen LogP contribution < -0.4 is 10.3 Å². The molecular weight excluding hydrogens is 236 g/mol. The molecule has 6 heteroatoms. The van der Waals surface area contributed by atoms with Gasteiger partial charge < -0.3 is 14.0 Å². The Morgan fingerprint density at radius 3 is 2.22 bits per heavy atom. The normalized spacial score (nSPS) is 21.1. The molecule has 0 radical (unpaired) electrons. The Morgan fingerprint density at radius 2 is 1.72 bits per heavy atom. The van der Waals surface area contributed by atoms with Gasteiger partial charge in [0.05, 0.1) is 23.9 Å². The standard InChI is InChI=1S/C12H17BFNO3/c1-11(2)12(3,4)18-13(17-11)9-7-6-8(14)10(15-9)16-5/h6-7H,1-5H3. The van der Waals surface area contributed by atoms with E-state index in [1.165, 1.54) is 13.2 Å². The van der Waals surface area contributed by atoms with Crippen molar-refractivity contribution in [3.8, 4) is 5.88 Å². The molecule has 0 spiro atoms. The zero-order valence-electron chi connectivity index (χ0n) is 11.3. The maximum Gasteiger partial charge on any atom is 0.514 e. The maximum atomic E-state index is 13.3. The van der Waals surface area contributed by atoms with Crippen molar-refractivity contribution in [3.63, 3.8) is 0 Å². The quantitative estimate of drug-likeness (QED) is 0.749. The molecule has 1 aromatic rings. The summed E-state index contributed by atoms with van der Waals surface area (Å²) in [5.41, 5.74) is -0.381. The first kappa shape index (κ1) is 13.3. The molecule has 18 heavy (non-hydrogen) atoms. The minimum absolute atomic E-state index is 0.0535. The monoisotopic (exact) mass is 253 g/mol. The van der Waals surface area contributed by atoms with E-state index in [2.05, 4.69) is 4.98 Å². The minimum atomic E-state index is -0.607. The molecule has 0 atom stereocenters. The third-order valence-corrected chi connectivity index (χ3v) is 3.52. The molecule has 2 rings (SSSR count). The second-order valence-electron chi connectivity index (χ2n) is 5.32. The molecule has 1 aromatic heterocycles. The van der Waals surface area contributed by atoms with Gasteiger partial charge in [0, 0.05) is 0 Å². The Labute approximate surface area is 107 Å². The van der Waals surface area contributed by atoms with Crippen LogP contribution in [-0.2, 0) is 9.31 Å². The molecule has 1 aliphatic heterocycles. The van der Waals surface area contributed by atoms with Crippen LogP contribution in [0, 0.1) is 5.82 Å². The van der Waals surface area contributed by atoms with Gasteiger partial charge in [0.1, 0.15) is 0 Å². The average Bonchev–Trinajstić information content (AvgIpc) is 2.49. The van der Waals surface area contributed by atoms with Gasteiger partial charge in [-0.2, -0.15) is 0 Å². The molecule has 1 aliphatic rings. The lowest BCUT2D eigenvalue weighted by Crippen LogP contribution is -2.41. The molecule has 1 fully saturated rings. The molecule has 0 amide bonds. The highest BCUT2D eigenvalue weighted by Crippen LogP contribution is 2.36.